The third-order valence-corrected chi connectivity index (χ3v) is 3.67. The summed E-state index contributed by atoms with van der Waals surface area (Å²) >= 11 is 25.4. The van der Waals surface area contributed by atoms with Crippen molar-refractivity contribution in [2.24, 2.45) is 0 Å². The summed E-state index contributed by atoms with van der Waals surface area (Å²) in [5.74, 6) is 0.929. The number of ether oxygens (including phenoxy) is 1. The number of hydrogen-bond acceptors (Lipinski definition) is 8. The molecule has 2 aromatic carbocycles. The van der Waals surface area contributed by atoms with Crippen LogP contribution in [0.4, 0.5) is 0 Å². The standard InChI is InChI=1S/C9H5Cl2N3O.C6H6O.C3Cl3N3.4C2H6.Al.3ClH/c10-7-12-8(11)14-9(13-7)15-6-4-2-1-3-5-6;7-6-4-2-1-3-5-6;4-1-7-2(5)9-3(6)8-1;4*1-2;;;;/h1-5H;1-5,7H;;4*1-2H3;;3*1H/q;;;;;;;+3;;;/p-3. The lowest BCUT2D eigenvalue weighted by Crippen LogP contribution is -1.94. The van der Waals surface area contributed by atoms with Crippen LogP contribution in [-0.4, -0.2) is 46.4 Å². The van der Waals surface area contributed by atoms with Gasteiger partial charge in [0.1, 0.15) is 11.5 Å². The van der Waals surface area contributed by atoms with Crippen LogP contribution in [0.2, 0.25) is 26.4 Å². The van der Waals surface area contributed by atoms with Gasteiger partial charge in [-0.15, -0.1) is 0 Å². The molecule has 240 valence electrons. The maximum absolute atomic E-state index is 8.63. The van der Waals surface area contributed by atoms with Gasteiger partial charge in [0.05, 0.1) is 0 Å². The molecule has 0 spiro atoms. The molecule has 0 aliphatic carbocycles. The highest BCUT2D eigenvalue weighted by Gasteiger charge is 2.05. The van der Waals surface area contributed by atoms with Crippen molar-refractivity contribution in [3.05, 3.63) is 87.1 Å². The van der Waals surface area contributed by atoms with Crippen LogP contribution in [0, 0.1) is 0 Å². The molecule has 0 atom stereocenters. The van der Waals surface area contributed by atoms with Crippen molar-refractivity contribution in [2.45, 2.75) is 55.4 Å². The lowest BCUT2D eigenvalue weighted by molar-refractivity contribution is 0.439. The zero-order chi connectivity index (χ0) is 34.2. The van der Waals surface area contributed by atoms with Crippen LogP contribution in [0.5, 0.6) is 17.5 Å². The highest BCUT2D eigenvalue weighted by atomic mass is 35.8. The number of aromatic hydroxyl groups is 1. The van der Waals surface area contributed by atoms with Gasteiger partial charge in [0.15, 0.2) is 0 Å². The fourth-order valence-corrected chi connectivity index (χ4v) is 2.64. The van der Waals surface area contributed by atoms with Crippen LogP contribution < -0.4 is 4.74 Å². The van der Waals surface area contributed by atoms with E-state index < -0.39 is 11.4 Å². The fraction of sp³-hybridized carbons (Fsp3) is 0.308. The van der Waals surface area contributed by atoms with E-state index in [9.17, 15) is 0 Å². The van der Waals surface area contributed by atoms with Crippen molar-refractivity contribution in [1.29, 1.82) is 0 Å². The lowest BCUT2D eigenvalue weighted by atomic mass is 10.3. The van der Waals surface area contributed by atoms with Crippen LogP contribution in [0.1, 0.15) is 55.4 Å². The van der Waals surface area contributed by atoms with E-state index in [1.165, 1.54) is 0 Å². The largest absolute Gasteiger partial charge is 0.643 e. The SMILES string of the molecule is CC.CC.CC.CC.Clc1nc(Cl)nc(Cl)n1.Clc1nc(Cl)nc(Oc2ccccc2)n1.Oc1ccccc1.[Cl][Al]([Cl])[Cl]. The Hall–Kier alpha value is -1.09. The molecule has 0 aliphatic heterocycles. The van der Waals surface area contributed by atoms with Gasteiger partial charge in [0.25, 0.3) is 0 Å². The van der Waals surface area contributed by atoms with E-state index in [2.05, 4.69) is 29.9 Å². The molecule has 4 rings (SSSR count). The second-order valence-electron chi connectivity index (χ2n) is 5.30. The number of para-hydroxylation sites is 2. The van der Waals surface area contributed by atoms with Crippen molar-refractivity contribution < 1.29 is 9.84 Å². The second-order valence-corrected chi connectivity index (χ2v) is 13.4. The Morgan fingerprint density at radius 2 is 0.744 bits per heavy atom. The van der Waals surface area contributed by atoms with Crippen molar-refractivity contribution in [3.63, 3.8) is 0 Å². The normalized spacial score (nSPS) is 8.09. The third kappa shape index (κ3) is 33.6. The van der Waals surface area contributed by atoms with Gasteiger partial charge in [-0.1, -0.05) is 91.8 Å². The van der Waals surface area contributed by atoms with Crippen molar-refractivity contribution in [3.8, 4) is 17.5 Å². The number of halogens is 8. The molecule has 2 aromatic heterocycles. The molecule has 4 aromatic rings. The van der Waals surface area contributed by atoms with Crippen molar-refractivity contribution >= 4 is 99.5 Å². The van der Waals surface area contributed by atoms with Gasteiger partial charge in [-0.25, -0.2) is 30.1 Å². The molecular weight excluding hydrogens is 739 g/mol. The first kappa shape index (κ1) is 48.8. The maximum Gasteiger partial charge on any atom is 0.643 e. The van der Waals surface area contributed by atoms with Crippen LogP contribution in [0.25, 0.3) is 0 Å². The third-order valence-electron chi connectivity index (χ3n) is 2.82. The molecule has 8 nitrogen and oxygen atoms in total. The molecule has 0 bridgehead atoms. The molecule has 0 saturated heterocycles. The number of phenols is 1. The van der Waals surface area contributed by atoms with Gasteiger partial charge >= 0.3 is 17.4 Å². The van der Waals surface area contributed by atoms with Gasteiger partial charge in [0, 0.05) is 0 Å². The van der Waals surface area contributed by atoms with E-state index in [4.69, 9.17) is 98.0 Å². The van der Waals surface area contributed by atoms with E-state index in [1.54, 1.807) is 36.4 Å². The quantitative estimate of drug-likeness (QED) is 0.201. The summed E-state index contributed by atoms with van der Waals surface area (Å²) in [6.07, 6.45) is 0. The summed E-state index contributed by atoms with van der Waals surface area (Å²) in [6, 6.07) is 17.9. The molecule has 17 heteroatoms. The Morgan fingerprint density at radius 3 is 1.00 bits per heavy atom. The fourth-order valence-electron chi connectivity index (χ4n) is 1.68. The molecule has 0 unspecified atom stereocenters. The molecule has 0 saturated carbocycles. The topological polar surface area (TPSA) is 107 Å². The van der Waals surface area contributed by atoms with Gasteiger partial charge in [-0.3, -0.25) is 0 Å². The van der Waals surface area contributed by atoms with Crippen LogP contribution >= 0.6 is 88.2 Å². The summed E-state index contributed by atoms with van der Waals surface area (Å²) in [4.78, 5) is 21.5. The highest BCUT2D eigenvalue weighted by molar-refractivity contribution is 7.54. The maximum atomic E-state index is 8.63. The number of hydrogen-bond donors (Lipinski definition) is 1. The number of aromatic nitrogens is 6. The molecular formula is C26H35AlCl8N6O2. The van der Waals surface area contributed by atoms with Crippen molar-refractivity contribution in [1.82, 2.24) is 29.9 Å². The second kappa shape index (κ2) is 35.4. The summed E-state index contributed by atoms with van der Waals surface area (Å²) in [7, 11) is 14.8. The number of phenolic OH excluding ortho intramolecular Hbond substituents is 1. The minimum Gasteiger partial charge on any atom is -0.508 e. The Balaban J connectivity index is -0.000000235. The van der Waals surface area contributed by atoms with Crippen LogP contribution in [0.15, 0.2) is 60.7 Å². The predicted molar refractivity (Wildman–Crippen MR) is 188 cm³/mol. The number of rotatable bonds is 2. The Kier molecular flexibility index (Phi) is 40.2. The molecule has 2 heterocycles. The first-order valence-electron chi connectivity index (χ1n) is 12.7. The first-order valence-corrected chi connectivity index (χ1v) is 19.9. The highest BCUT2D eigenvalue weighted by Crippen LogP contribution is 2.19. The lowest BCUT2D eigenvalue weighted by Gasteiger charge is -2.02. The monoisotopic (exact) mass is 770 g/mol. The molecule has 1 N–H and O–H groups in total. The molecule has 0 aliphatic rings. The summed E-state index contributed by atoms with van der Waals surface area (Å²) < 4.78 is 5.31. The van der Waals surface area contributed by atoms with E-state index >= 15 is 0 Å². The zero-order valence-corrected chi connectivity index (χ0v) is 32.1. The average Bonchev–Trinajstić information content (AvgIpc) is 2.97. The average molecular weight is 774 g/mol. The minimum absolute atomic E-state index is 0.000000000000000444. The molecule has 0 radical (unpaired) electrons. The van der Waals surface area contributed by atoms with Crippen molar-refractivity contribution in [2.75, 3.05) is 0 Å². The van der Waals surface area contributed by atoms with E-state index in [0.29, 0.717) is 11.5 Å². The smallest absolute Gasteiger partial charge is 0.508 e. The predicted octanol–water partition coefficient (Wildman–Crippen LogP) is 12.0. The molecule has 43 heavy (non-hydrogen) atoms. The Morgan fingerprint density at radius 1 is 0.488 bits per heavy atom. The minimum atomic E-state index is -1.72. The van der Waals surface area contributed by atoms with E-state index in [1.807, 2.05) is 79.7 Å². The van der Waals surface area contributed by atoms with Gasteiger partial charge in [-0.05, 0) is 82.3 Å². The summed E-state index contributed by atoms with van der Waals surface area (Å²) in [6.45, 7) is 16.0. The molecule has 0 amide bonds. The zero-order valence-electron chi connectivity index (χ0n) is 24.9. The molecule has 0 fully saturated rings. The Bertz CT molecular complexity index is 1090. The van der Waals surface area contributed by atoms with Gasteiger partial charge < -0.3 is 9.84 Å². The van der Waals surface area contributed by atoms with Gasteiger partial charge in [-0.2, -0.15) is 29.9 Å². The van der Waals surface area contributed by atoms with E-state index in [0.717, 1.165) is 0 Å². The number of benzene rings is 2. The Labute approximate surface area is 297 Å². The van der Waals surface area contributed by atoms with E-state index in [-0.39, 0.29) is 32.4 Å². The first-order chi connectivity index (χ1) is 20.5. The van der Waals surface area contributed by atoms with Crippen LogP contribution in [0.3, 0.4) is 0 Å². The van der Waals surface area contributed by atoms with Crippen LogP contribution in [-0.2, 0) is 0 Å². The summed E-state index contributed by atoms with van der Waals surface area (Å²) in [5.41, 5.74) is 0. The number of nitrogens with zero attached hydrogens (tertiary/aromatic N) is 6. The van der Waals surface area contributed by atoms with Gasteiger partial charge in [0.2, 0.25) is 26.4 Å². The summed E-state index contributed by atoms with van der Waals surface area (Å²) in [5, 5.41) is 8.63.